The number of alkyl halides is 1. The first kappa shape index (κ1) is 11.4. The summed E-state index contributed by atoms with van der Waals surface area (Å²) >= 11 is 6.07. The van der Waals surface area contributed by atoms with Crippen LogP contribution in [0.1, 0.15) is 40.0 Å². The van der Waals surface area contributed by atoms with Crippen LogP contribution in [-0.4, -0.2) is 24.6 Å². The summed E-state index contributed by atoms with van der Waals surface area (Å²) in [6.07, 6.45) is 4.38. The third-order valence-electron chi connectivity index (χ3n) is 5.33. The molecule has 2 nitrogen and oxygen atoms in total. The highest BCUT2D eigenvalue weighted by atomic mass is 35.5. The maximum Gasteiger partial charge on any atom is 0.476 e. The van der Waals surface area contributed by atoms with Crippen molar-refractivity contribution in [1.82, 2.24) is 0 Å². The second-order valence-electron chi connectivity index (χ2n) is 5.96. The largest absolute Gasteiger partial charge is 0.476 e. The molecular weight excluding hydrogens is 222 g/mol. The highest BCUT2D eigenvalue weighted by Gasteiger charge is 2.63. The molecule has 0 aromatic rings. The lowest BCUT2D eigenvalue weighted by Gasteiger charge is -2.61. The summed E-state index contributed by atoms with van der Waals surface area (Å²) in [5.41, 5.74) is 0.495. The van der Waals surface area contributed by atoms with Crippen LogP contribution in [0.4, 0.5) is 0 Å². The van der Waals surface area contributed by atoms with Gasteiger partial charge in [0.15, 0.2) is 0 Å². The minimum Gasteiger partial charge on any atom is -0.405 e. The molecule has 0 aromatic heterocycles. The number of halogens is 1. The van der Waals surface area contributed by atoms with E-state index in [1.54, 1.807) is 0 Å². The van der Waals surface area contributed by atoms with Gasteiger partial charge < -0.3 is 9.31 Å². The highest BCUT2D eigenvalue weighted by Crippen LogP contribution is 2.63. The van der Waals surface area contributed by atoms with E-state index < -0.39 is 0 Å². The van der Waals surface area contributed by atoms with Crippen LogP contribution in [0.3, 0.4) is 0 Å². The van der Waals surface area contributed by atoms with Crippen molar-refractivity contribution in [2.45, 2.75) is 57.5 Å². The Kier molecular flexibility index (Phi) is 2.58. The molecule has 4 rings (SSSR count). The fraction of sp³-hybridized carbons (Fsp3) is 1.00. The zero-order chi connectivity index (χ0) is 11.5. The van der Waals surface area contributed by atoms with E-state index >= 15 is 0 Å². The van der Waals surface area contributed by atoms with Crippen LogP contribution in [0.15, 0.2) is 0 Å². The lowest BCUT2D eigenvalue weighted by molar-refractivity contribution is -0.162. The molecule has 0 spiro atoms. The van der Waals surface area contributed by atoms with Gasteiger partial charge in [-0.1, -0.05) is 27.2 Å². The molecule has 0 radical (unpaired) electrons. The van der Waals surface area contributed by atoms with Crippen molar-refractivity contribution in [2.75, 3.05) is 0 Å². The predicted octanol–water partition coefficient (Wildman–Crippen LogP) is 2.88. The van der Waals surface area contributed by atoms with Crippen molar-refractivity contribution in [3.05, 3.63) is 0 Å². The standard InChI is InChI=1S/C12H20BClO2/c1-4-12(3)8-5-9(12)11-10(6-8)15-13(16-11)7(2)14/h7-11H,4-6H2,1-3H3. The first-order valence-corrected chi connectivity index (χ1v) is 6.95. The summed E-state index contributed by atoms with van der Waals surface area (Å²) in [7, 11) is -0.183. The van der Waals surface area contributed by atoms with Gasteiger partial charge in [-0.3, -0.25) is 0 Å². The summed E-state index contributed by atoms with van der Waals surface area (Å²) in [5.74, 6) is 1.54. The van der Waals surface area contributed by atoms with Crippen LogP contribution < -0.4 is 0 Å². The molecular formula is C12H20BClO2. The molecule has 0 aromatic carbocycles. The Morgan fingerprint density at radius 3 is 2.81 bits per heavy atom. The SMILES string of the molecule is CCC1(C)C2CC3OB(C(C)Cl)OC3C1C2. The minimum absolute atomic E-state index is 0.0457. The quantitative estimate of drug-likeness (QED) is 0.548. The van der Waals surface area contributed by atoms with Gasteiger partial charge in [-0.05, 0) is 30.1 Å². The smallest absolute Gasteiger partial charge is 0.405 e. The Labute approximate surface area is 103 Å². The Hall–Kier alpha value is 0.275. The molecule has 1 saturated heterocycles. The van der Waals surface area contributed by atoms with Crippen molar-refractivity contribution >= 4 is 18.7 Å². The number of rotatable bonds is 2. The molecule has 16 heavy (non-hydrogen) atoms. The molecule has 4 fully saturated rings. The first-order chi connectivity index (χ1) is 7.56. The summed E-state index contributed by atoms with van der Waals surface area (Å²) in [6.45, 7) is 6.67. The van der Waals surface area contributed by atoms with Crippen LogP contribution >= 0.6 is 11.6 Å². The van der Waals surface area contributed by atoms with E-state index in [1.165, 1.54) is 19.3 Å². The van der Waals surface area contributed by atoms with Gasteiger partial charge in [0.25, 0.3) is 0 Å². The second-order valence-corrected chi connectivity index (χ2v) is 6.64. The lowest BCUT2D eigenvalue weighted by atomic mass is 9.45. The van der Waals surface area contributed by atoms with Gasteiger partial charge in [-0.15, -0.1) is 11.6 Å². The Morgan fingerprint density at radius 2 is 2.19 bits per heavy atom. The van der Waals surface area contributed by atoms with E-state index in [0.29, 0.717) is 23.5 Å². The van der Waals surface area contributed by atoms with Crippen molar-refractivity contribution in [2.24, 2.45) is 17.3 Å². The lowest BCUT2D eigenvalue weighted by Crippen LogP contribution is -2.60. The molecule has 3 saturated carbocycles. The topological polar surface area (TPSA) is 18.5 Å². The van der Waals surface area contributed by atoms with Crippen LogP contribution in [-0.2, 0) is 9.31 Å². The van der Waals surface area contributed by atoms with Gasteiger partial charge in [0, 0.05) is 0 Å². The number of hydrogen-bond acceptors (Lipinski definition) is 2. The highest BCUT2D eigenvalue weighted by molar-refractivity contribution is 6.59. The number of hydrogen-bond donors (Lipinski definition) is 0. The average molecular weight is 243 g/mol. The van der Waals surface area contributed by atoms with E-state index in [2.05, 4.69) is 13.8 Å². The summed E-state index contributed by atoms with van der Waals surface area (Å²) in [4.78, 5) is 0. The molecule has 0 amide bonds. The van der Waals surface area contributed by atoms with E-state index in [1.807, 2.05) is 6.92 Å². The summed E-state index contributed by atoms with van der Waals surface area (Å²) < 4.78 is 11.9. The van der Waals surface area contributed by atoms with Crippen LogP contribution in [0, 0.1) is 17.3 Å². The normalized spacial score (nSPS) is 52.1. The van der Waals surface area contributed by atoms with Gasteiger partial charge in [0.05, 0.1) is 17.5 Å². The molecule has 1 heterocycles. The molecule has 6 unspecified atom stereocenters. The minimum atomic E-state index is -0.183. The van der Waals surface area contributed by atoms with Gasteiger partial charge in [0.1, 0.15) is 0 Å². The third kappa shape index (κ3) is 1.34. The molecule has 4 heteroatoms. The Balaban J connectivity index is 1.77. The van der Waals surface area contributed by atoms with Crippen LogP contribution in [0.25, 0.3) is 0 Å². The molecule has 90 valence electrons. The van der Waals surface area contributed by atoms with Gasteiger partial charge in [-0.25, -0.2) is 0 Å². The van der Waals surface area contributed by atoms with Crippen LogP contribution in [0.5, 0.6) is 0 Å². The van der Waals surface area contributed by atoms with E-state index in [-0.39, 0.29) is 12.4 Å². The molecule has 6 atom stereocenters. The van der Waals surface area contributed by atoms with Crippen molar-refractivity contribution in [3.8, 4) is 0 Å². The second kappa shape index (κ2) is 3.63. The van der Waals surface area contributed by atoms with E-state index in [4.69, 9.17) is 20.9 Å². The van der Waals surface area contributed by atoms with Crippen molar-refractivity contribution in [3.63, 3.8) is 0 Å². The van der Waals surface area contributed by atoms with Crippen LogP contribution in [0.2, 0.25) is 0 Å². The van der Waals surface area contributed by atoms with E-state index in [9.17, 15) is 0 Å². The van der Waals surface area contributed by atoms with E-state index in [0.717, 1.165) is 5.92 Å². The molecule has 2 bridgehead atoms. The molecule has 3 aliphatic carbocycles. The predicted molar refractivity (Wildman–Crippen MR) is 65.4 cm³/mol. The monoisotopic (exact) mass is 242 g/mol. The Bertz CT molecular complexity index is 299. The first-order valence-electron chi connectivity index (χ1n) is 6.51. The third-order valence-corrected chi connectivity index (χ3v) is 5.54. The van der Waals surface area contributed by atoms with Crippen molar-refractivity contribution < 1.29 is 9.31 Å². The van der Waals surface area contributed by atoms with Gasteiger partial charge >= 0.3 is 7.12 Å². The zero-order valence-electron chi connectivity index (χ0n) is 10.3. The zero-order valence-corrected chi connectivity index (χ0v) is 11.0. The van der Waals surface area contributed by atoms with Gasteiger partial charge in [0.2, 0.25) is 0 Å². The van der Waals surface area contributed by atoms with Gasteiger partial charge in [-0.2, -0.15) is 0 Å². The summed E-state index contributed by atoms with van der Waals surface area (Å²) in [5, 5.41) is -0.0457. The fourth-order valence-electron chi connectivity index (χ4n) is 3.98. The fourth-order valence-corrected chi connectivity index (χ4v) is 4.10. The summed E-state index contributed by atoms with van der Waals surface area (Å²) in [6, 6.07) is 0. The Morgan fingerprint density at radius 1 is 1.44 bits per heavy atom. The molecule has 0 N–H and O–H groups in total. The molecule has 1 aliphatic heterocycles. The maximum absolute atomic E-state index is 6.07. The maximum atomic E-state index is 6.07. The molecule has 4 aliphatic rings. The average Bonchev–Trinajstić information content (AvgIpc) is 2.70. The van der Waals surface area contributed by atoms with Crippen molar-refractivity contribution in [1.29, 1.82) is 0 Å².